The zero-order valence-corrected chi connectivity index (χ0v) is 33.3. The minimum Gasteiger partial charge on any atom is -0.369 e. The third-order valence-electron chi connectivity index (χ3n) is 7.37. The molecule has 5 N–H and O–H groups in total. The van der Waals surface area contributed by atoms with Gasteiger partial charge in [0.15, 0.2) is 0 Å². The van der Waals surface area contributed by atoms with E-state index in [0.29, 0.717) is 11.0 Å². The molecule has 6 aromatic rings. The van der Waals surface area contributed by atoms with Gasteiger partial charge in [-0.2, -0.15) is 12.6 Å². The van der Waals surface area contributed by atoms with E-state index in [1.54, 1.807) is 11.8 Å². The van der Waals surface area contributed by atoms with E-state index in [1.165, 1.54) is 33.4 Å². The first-order valence-electron chi connectivity index (χ1n) is 17.0. The molecule has 0 aliphatic heterocycles. The van der Waals surface area contributed by atoms with Crippen molar-refractivity contribution in [1.82, 2.24) is 6.15 Å². The van der Waals surface area contributed by atoms with E-state index in [-0.39, 0.29) is 22.6 Å². The van der Waals surface area contributed by atoms with E-state index in [4.69, 9.17) is 17.3 Å². The SMILES string of the molecule is CCCl.CCSC(c1ccccc1)c1ccccc1.N.NC(=O)CSC(c1ccccc1)c1ccccc1.SC(c1ccccc1)c1ccccc1. The van der Waals surface area contributed by atoms with Gasteiger partial charge in [-0.25, -0.2) is 0 Å². The normalized spacial score (nSPS) is 10.1. The van der Waals surface area contributed by atoms with E-state index in [9.17, 15) is 4.79 Å². The van der Waals surface area contributed by atoms with E-state index in [1.807, 2.05) is 91.5 Å². The van der Waals surface area contributed by atoms with Gasteiger partial charge in [0.1, 0.15) is 0 Å². The van der Waals surface area contributed by atoms with Gasteiger partial charge < -0.3 is 11.9 Å². The van der Waals surface area contributed by atoms with Crippen LogP contribution < -0.4 is 11.9 Å². The van der Waals surface area contributed by atoms with Crippen LogP contribution in [-0.2, 0) is 4.79 Å². The van der Waals surface area contributed by atoms with Crippen LogP contribution in [0.1, 0.15) is 63.0 Å². The molecule has 0 aromatic heterocycles. The van der Waals surface area contributed by atoms with Crippen molar-refractivity contribution in [2.45, 2.75) is 29.6 Å². The lowest BCUT2D eigenvalue weighted by molar-refractivity contribution is -0.115. The van der Waals surface area contributed by atoms with Gasteiger partial charge in [0.2, 0.25) is 5.91 Å². The van der Waals surface area contributed by atoms with Gasteiger partial charge in [0.25, 0.3) is 0 Å². The predicted molar refractivity (Wildman–Crippen MR) is 234 cm³/mol. The van der Waals surface area contributed by atoms with Crippen molar-refractivity contribution in [2.24, 2.45) is 5.73 Å². The zero-order chi connectivity index (χ0) is 36.5. The maximum atomic E-state index is 11.0. The van der Waals surface area contributed by atoms with Crippen LogP contribution in [0.2, 0.25) is 0 Å². The second kappa shape index (κ2) is 26.8. The number of carbonyl (C=O) groups excluding carboxylic acids is 1. The molecule has 0 unspecified atom stereocenters. The molecule has 0 aliphatic rings. The molecule has 0 bridgehead atoms. The number of primary amides is 1. The smallest absolute Gasteiger partial charge is 0.227 e. The first-order valence-corrected chi connectivity index (χ1v) is 20.2. The zero-order valence-electron chi connectivity index (χ0n) is 30.0. The Morgan fingerprint density at radius 3 is 0.981 bits per heavy atom. The number of nitrogens with two attached hydrogens (primary N) is 1. The molecule has 1 amide bonds. The number of alkyl halides is 1. The van der Waals surface area contributed by atoms with Crippen molar-refractivity contribution in [3.8, 4) is 0 Å². The van der Waals surface area contributed by atoms with Gasteiger partial charge in [-0.1, -0.05) is 196 Å². The van der Waals surface area contributed by atoms with Crippen molar-refractivity contribution in [3.05, 3.63) is 215 Å². The first kappa shape index (κ1) is 44.3. The van der Waals surface area contributed by atoms with Gasteiger partial charge >= 0.3 is 0 Å². The Kier molecular flexibility index (Phi) is 22.8. The Labute approximate surface area is 330 Å². The van der Waals surface area contributed by atoms with Crippen LogP contribution in [0.3, 0.4) is 0 Å². The lowest BCUT2D eigenvalue weighted by Gasteiger charge is -2.16. The summed E-state index contributed by atoms with van der Waals surface area (Å²) in [7, 11) is 0. The van der Waals surface area contributed by atoms with Gasteiger partial charge in [-0.15, -0.1) is 35.1 Å². The highest BCUT2D eigenvalue weighted by Gasteiger charge is 2.15. The number of carbonyl (C=O) groups is 1. The molecule has 3 nitrogen and oxygen atoms in total. The summed E-state index contributed by atoms with van der Waals surface area (Å²) in [6.45, 7) is 4.10. The minimum atomic E-state index is -0.281. The van der Waals surface area contributed by atoms with Crippen LogP contribution in [0.4, 0.5) is 0 Å². The maximum Gasteiger partial charge on any atom is 0.227 e. The van der Waals surface area contributed by atoms with Crippen molar-refractivity contribution in [2.75, 3.05) is 17.4 Å². The van der Waals surface area contributed by atoms with Crippen molar-refractivity contribution < 1.29 is 4.79 Å². The lowest BCUT2D eigenvalue weighted by Crippen LogP contribution is -2.14. The molecule has 0 saturated heterocycles. The summed E-state index contributed by atoms with van der Waals surface area (Å²) in [5.74, 6) is 1.90. The predicted octanol–water partition coefficient (Wildman–Crippen LogP) is 12.6. The number of rotatable bonds is 11. The second-order valence-corrected chi connectivity index (χ2v) is 14.7. The molecule has 0 spiro atoms. The molecular weight excluding hydrogens is 716 g/mol. The maximum absolute atomic E-state index is 11.0. The Bertz CT molecular complexity index is 1620. The third-order valence-corrected chi connectivity index (χ3v) is 10.5. The van der Waals surface area contributed by atoms with Gasteiger partial charge in [-0.3, -0.25) is 4.79 Å². The van der Waals surface area contributed by atoms with E-state index < -0.39 is 0 Å². The van der Waals surface area contributed by atoms with Crippen LogP contribution in [0.5, 0.6) is 0 Å². The fourth-order valence-electron chi connectivity index (χ4n) is 5.08. The van der Waals surface area contributed by atoms with Gasteiger partial charge in [-0.05, 0) is 39.1 Å². The summed E-state index contributed by atoms with van der Waals surface area (Å²) in [5, 5.41) is 0.796. The van der Waals surface area contributed by atoms with Crippen molar-refractivity contribution >= 4 is 53.7 Å². The Balaban J connectivity index is 0.000000259. The molecule has 0 fully saturated rings. The highest BCUT2D eigenvalue weighted by Crippen LogP contribution is 2.36. The van der Waals surface area contributed by atoms with E-state index >= 15 is 0 Å². The highest BCUT2D eigenvalue weighted by atomic mass is 35.5. The summed E-state index contributed by atoms with van der Waals surface area (Å²) < 4.78 is 0. The standard InChI is InChI=1S/C15H15NOS.C15H16S.C13H12S.C2H5Cl.H3N/c16-14(17)11-18-15(12-7-3-1-4-8-12)13-9-5-2-6-10-13;1-2-16-15(13-9-5-3-6-10-13)14-11-7-4-8-12-14;14-13(11-7-3-1-4-8-11)12-9-5-2-6-10-12;1-2-3;/h1-10,15H,11H2,(H2,16,17);3-12,15H,2H2,1H3;1-10,13-14H;2H2,1H3;1H3. The van der Waals surface area contributed by atoms with Crippen LogP contribution in [-0.4, -0.2) is 23.3 Å². The molecule has 52 heavy (non-hydrogen) atoms. The van der Waals surface area contributed by atoms with Gasteiger partial charge in [0.05, 0.1) is 21.5 Å². The highest BCUT2D eigenvalue weighted by molar-refractivity contribution is 8.00. The molecule has 7 heteroatoms. The number of halogens is 1. The summed E-state index contributed by atoms with van der Waals surface area (Å²) in [4.78, 5) is 11.0. The third kappa shape index (κ3) is 16.2. The minimum absolute atomic E-state index is 0. The van der Waals surface area contributed by atoms with Crippen LogP contribution in [0, 0.1) is 0 Å². The van der Waals surface area contributed by atoms with Crippen LogP contribution in [0.15, 0.2) is 182 Å². The molecule has 0 saturated carbocycles. The number of hydrogen-bond acceptors (Lipinski definition) is 5. The van der Waals surface area contributed by atoms with Gasteiger partial charge in [0, 0.05) is 5.88 Å². The van der Waals surface area contributed by atoms with E-state index in [2.05, 4.69) is 129 Å². The molecule has 0 aliphatic carbocycles. The van der Waals surface area contributed by atoms with Crippen LogP contribution in [0.25, 0.3) is 0 Å². The molecular formula is C45H51ClN2OS3. The summed E-state index contributed by atoms with van der Waals surface area (Å²) >= 11 is 13.2. The molecule has 6 aromatic carbocycles. The first-order chi connectivity index (χ1) is 25.0. The summed E-state index contributed by atoms with van der Waals surface area (Å²) in [5.41, 5.74) is 12.9. The largest absolute Gasteiger partial charge is 0.369 e. The molecule has 0 heterocycles. The van der Waals surface area contributed by atoms with Crippen LogP contribution >= 0.6 is 47.8 Å². The fraction of sp³-hybridized carbons (Fsp3) is 0.178. The molecule has 0 radical (unpaired) electrons. The summed E-state index contributed by atoms with van der Waals surface area (Å²) in [6.07, 6.45) is 0. The number of thioether (sulfide) groups is 2. The van der Waals surface area contributed by atoms with E-state index in [0.717, 1.165) is 11.6 Å². The average molecular weight is 768 g/mol. The Hall–Kier alpha value is -3.91. The molecule has 272 valence electrons. The molecule has 0 atom stereocenters. The number of thiol groups is 1. The lowest BCUT2D eigenvalue weighted by atomic mass is 10.0. The Morgan fingerprint density at radius 1 is 0.519 bits per heavy atom. The topological polar surface area (TPSA) is 78.1 Å². The van der Waals surface area contributed by atoms with Crippen molar-refractivity contribution in [3.63, 3.8) is 0 Å². The van der Waals surface area contributed by atoms with Crippen molar-refractivity contribution in [1.29, 1.82) is 0 Å². The Morgan fingerprint density at radius 2 is 0.750 bits per heavy atom. The number of benzene rings is 6. The quantitative estimate of drug-likeness (QED) is 0.0906. The molecule has 6 rings (SSSR count). The second-order valence-electron chi connectivity index (χ2n) is 11.1. The average Bonchev–Trinajstić information content (AvgIpc) is 3.20. The number of hydrogen-bond donors (Lipinski definition) is 3. The number of amides is 1. The fourth-order valence-corrected chi connectivity index (χ4v) is 7.48. The monoisotopic (exact) mass is 766 g/mol. The summed E-state index contributed by atoms with van der Waals surface area (Å²) in [6, 6.07) is 62.4.